The average Bonchev–Trinajstić information content (AvgIpc) is 2.88. The molecular formula is C18H25N3O5S. The number of carboxylic acids is 1. The van der Waals surface area contributed by atoms with E-state index in [-0.39, 0.29) is 10.7 Å². The van der Waals surface area contributed by atoms with Crippen LogP contribution in [0, 0.1) is 0 Å². The molecule has 0 spiro atoms. The molecule has 27 heavy (non-hydrogen) atoms. The van der Waals surface area contributed by atoms with Crippen molar-refractivity contribution in [1.29, 1.82) is 0 Å². The molecule has 0 saturated carbocycles. The smallest absolute Gasteiger partial charge is 0.326 e. The molecule has 1 aliphatic rings. The second-order valence-electron chi connectivity index (χ2n) is 6.43. The molecule has 0 saturated heterocycles. The number of carboxylic acid groups (broad SMARTS) is 1. The van der Waals surface area contributed by atoms with Gasteiger partial charge in [0.05, 0.1) is 4.90 Å². The number of aliphatic carboxylic acids is 1. The molecule has 1 amide bonds. The molecule has 8 nitrogen and oxygen atoms in total. The molecule has 0 fully saturated rings. The van der Waals surface area contributed by atoms with E-state index in [9.17, 15) is 23.1 Å². The number of carbonyl (C=O) groups is 2. The van der Waals surface area contributed by atoms with Crippen molar-refractivity contribution in [1.82, 2.24) is 10.0 Å². The van der Waals surface area contributed by atoms with Crippen LogP contribution >= 0.6 is 0 Å². The number of amides is 1. The van der Waals surface area contributed by atoms with E-state index < -0.39 is 34.0 Å². The van der Waals surface area contributed by atoms with E-state index in [1.807, 2.05) is 13.8 Å². The van der Waals surface area contributed by atoms with E-state index in [0.29, 0.717) is 31.2 Å². The predicted octanol–water partition coefficient (Wildman–Crippen LogP) is 1.65. The van der Waals surface area contributed by atoms with Crippen molar-refractivity contribution >= 4 is 27.7 Å². The zero-order valence-electron chi connectivity index (χ0n) is 15.4. The number of rotatable bonds is 9. The minimum atomic E-state index is -3.70. The van der Waals surface area contributed by atoms with E-state index in [1.54, 1.807) is 18.2 Å². The van der Waals surface area contributed by atoms with Gasteiger partial charge in [0.1, 0.15) is 17.9 Å². The van der Waals surface area contributed by atoms with Gasteiger partial charge < -0.3 is 10.4 Å². The van der Waals surface area contributed by atoms with Crippen LogP contribution in [0.3, 0.4) is 0 Å². The summed E-state index contributed by atoms with van der Waals surface area (Å²) < 4.78 is 26.8. The van der Waals surface area contributed by atoms with Gasteiger partial charge in [0.2, 0.25) is 5.91 Å². The number of aliphatic imine (C=N–C) groups is 1. The molecule has 2 unspecified atom stereocenters. The Bertz CT molecular complexity index is 835. The van der Waals surface area contributed by atoms with Gasteiger partial charge in [-0.3, -0.25) is 14.5 Å². The first kappa shape index (κ1) is 20.9. The first-order valence-electron chi connectivity index (χ1n) is 9.03. The third-order valence-electron chi connectivity index (χ3n) is 4.27. The lowest BCUT2D eigenvalue weighted by Crippen LogP contribution is -2.45. The summed E-state index contributed by atoms with van der Waals surface area (Å²) in [5, 5.41) is 11.8. The molecule has 3 N–H and O–H groups in total. The molecular weight excluding hydrogens is 370 g/mol. The van der Waals surface area contributed by atoms with Gasteiger partial charge in [0.25, 0.3) is 10.0 Å². The van der Waals surface area contributed by atoms with Crippen LogP contribution in [0.2, 0.25) is 0 Å². The number of benzene rings is 1. The zero-order chi connectivity index (χ0) is 20.0. The monoisotopic (exact) mass is 395 g/mol. The Morgan fingerprint density at radius 1 is 1.19 bits per heavy atom. The van der Waals surface area contributed by atoms with E-state index in [0.717, 1.165) is 6.42 Å². The fourth-order valence-corrected chi connectivity index (χ4v) is 4.09. The third kappa shape index (κ3) is 5.06. The summed E-state index contributed by atoms with van der Waals surface area (Å²) in [6.07, 6.45) is 2.85. The Hall–Kier alpha value is -2.42. The highest BCUT2D eigenvalue weighted by Gasteiger charge is 2.32. The van der Waals surface area contributed by atoms with Crippen molar-refractivity contribution in [3.05, 3.63) is 29.8 Å². The van der Waals surface area contributed by atoms with Crippen molar-refractivity contribution < 1.29 is 23.1 Å². The summed E-state index contributed by atoms with van der Waals surface area (Å²) in [5.74, 6) is -1.50. The highest BCUT2D eigenvalue weighted by molar-refractivity contribution is 7.90. The van der Waals surface area contributed by atoms with Crippen molar-refractivity contribution in [2.45, 2.75) is 62.9 Å². The summed E-state index contributed by atoms with van der Waals surface area (Å²) in [7, 11) is -3.70. The number of fused-ring (bicyclic) bond motifs is 1. The van der Waals surface area contributed by atoms with Crippen LogP contribution in [0.1, 0.15) is 51.5 Å². The molecule has 1 aromatic carbocycles. The van der Waals surface area contributed by atoms with Crippen LogP contribution in [0.4, 0.5) is 0 Å². The van der Waals surface area contributed by atoms with Gasteiger partial charge in [-0.25, -0.2) is 13.2 Å². The van der Waals surface area contributed by atoms with Crippen LogP contribution in [-0.2, 0) is 19.6 Å². The van der Waals surface area contributed by atoms with Gasteiger partial charge in [0.15, 0.2) is 0 Å². The van der Waals surface area contributed by atoms with Crippen LogP contribution in [0.15, 0.2) is 34.2 Å². The van der Waals surface area contributed by atoms with Gasteiger partial charge >= 0.3 is 5.97 Å². The topological polar surface area (TPSA) is 125 Å². The van der Waals surface area contributed by atoms with Crippen LogP contribution < -0.4 is 10.0 Å². The number of unbranched alkanes of at least 4 members (excludes halogenated alkanes) is 1. The molecule has 1 aliphatic heterocycles. The van der Waals surface area contributed by atoms with Gasteiger partial charge in [0, 0.05) is 5.56 Å². The van der Waals surface area contributed by atoms with Crippen molar-refractivity contribution in [2.75, 3.05) is 0 Å². The predicted molar refractivity (Wildman–Crippen MR) is 101 cm³/mol. The summed E-state index contributed by atoms with van der Waals surface area (Å²) >= 11 is 0. The zero-order valence-corrected chi connectivity index (χ0v) is 16.3. The molecule has 0 bridgehead atoms. The fourth-order valence-electron chi connectivity index (χ4n) is 2.85. The maximum Gasteiger partial charge on any atom is 0.326 e. The molecule has 0 aromatic heterocycles. The number of amidine groups is 1. The Labute approximate surface area is 159 Å². The van der Waals surface area contributed by atoms with E-state index in [1.165, 1.54) is 6.07 Å². The lowest BCUT2D eigenvalue weighted by Gasteiger charge is -2.18. The van der Waals surface area contributed by atoms with E-state index >= 15 is 0 Å². The lowest BCUT2D eigenvalue weighted by atomic mass is 10.1. The molecule has 2 atom stereocenters. The van der Waals surface area contributed by atoms with E-state index in [4.69, 9.17) is 0 Å². The largest absolute Gasteiger partial charge is 0.480 e. The second-order valence-corrected chi connectivity index (χ2v) is 8.08. The maximum absolute atomic E-state index is 12.6. The van der Waals surface area contributed by atoms with Crippen molar-refractivity contribution in [3.8, 4) is 0 Å². The van der Waals surface area contributed by atoms with Crippen molar-refractivity contribution in [3.63, 3.8) is 0 Å². The second kappa shape index (κ2) is 8.98. The molecule has 0 radical (unpaired) electrons. The van der Waals surface area contributed by atoms with E-state index in [2.05, 4.69) is 15.0 Å². The average molecular weight is 395 g/mol. The number of hydrogen-bond donors (Lipinski definition) is 3. The highest BCUT2D eigenvalue weighted by atomic mass is 32.2. The van der Waals surface area contributed by atoms with Gasteiger partial charge in [-0.05, 0) is 25.0 Å². The quantitative estimate of drug-likeness (QED) is 0.586. The lowest BCUT2D eigenvalue weighted by molar-refractivity contribution is -0.142. The van der Waals surface area contributed by atoms with Crippen LogP contribution in [-0.4, -0.2) is 43.3 Å². The standard InChI is InChI=1S/C18H25N3O5S/c1-3-5-10-13(17(22)20-14(8-4-2)18(23)24)19-16-12-9-6-7-11-15(12)27(25,26)21-16/h6-7,9,11,13-14H,3-5,8,10H2,1-2H3,(H,19,21)(H,20,22)(H,23,24). The number of nitrogens with zero attached hydrogens (tertiary/aromatic N) is 1. The number of carbonyl (C=O) groups excluding carboxylic acids is 1. The molecule has 148 valence electrons. The molecule has 1 aromatic rings. The summed E-state index contributed by atoms with van der Waals surface area (Å²) in [6, 6.07) is 4.55. The number of nitrogens with one attached hydrogen (secondary N) is 2. The summed E-state index contributed by atoms with van der Waals surface area (Å²) in [6.45, 7) is 3.80. The Morgan fingerprint density at radius 2 is 1.89 bits per heavy atom. The van der Waals surface area contributed by atoms with Gasteiger partial charge in [-0.1, -0.05) is 45.2 Å². The number of sulfonamides is 1. The van der Waals surface area contributed by atoms with Crippen molar-refractivity contribution in [2.24, 2.45) is 4.99 Å². The molecule has 0 aliphatic carbocycles. The molecule has 9 heteroatoms. The van der Waals surface area contributed by atoms with Crippen LogP contribution in [0.5, 0.6) is 0 Å². The normalized spacial score (nSPS) is 18.4. The first-order chi connectivity index (χ1) is 12.8. The van der Waals surface area contributed by atoms with Gasteiger partial charge in [-0.15, -0.1) is 0 Å². The van der Waals surface area contributed by atoms with Crippen LogP contribution in [0.25, 0.3) is 0 Å². The fraction of sp³-hybridized carbons (Fsp3) is 0.500. The minimum Gasteiger partial charge on any atom is -0.480 e. The number of hydrogen-bond acceptors (Lipinski definition) is 5. The Balaban J connectivity index is 2.30. The minimum absolute atomic E-state index is 0.115. The Kier molecular flexibility index (Phi) is 6.95. The summed E-state index contributed by atoms with van der Waals surface area (Å²) in [4.78, 5) is 28.4. The molecule has 2 rings (SSSR count). The summed E-state index contributed by atoms with van der Waals surface area (Å²) in [5.41, 5.74) is 0.412. The third-order valence-corrected chi connectivity index (χ3v) is 5.67. The maximum atomic E-state index is 12.6. The van der Waals surface area contributed by atoms with Gasteiger partial charge in [-0.2, -0.15) is 0 Å². The highest BCUT2D eigenvalue weighted by Crippen LogP contribution is 2.23. The SMILES string of the molecule is CCCCC(N=C1NS(=O)(=O)c2ccccc21)C(=O)NC(CCC)C(=O)O. The first-order valence-corrected chi connectivity index (χ1v) is 10.5. The molecule has 1 heterocycles. The Morgan fingerprint density at radius 3 is 2.52 bits per heavy atom.